The maximum absolute atomic E-state index is 12.9. The zero-order valence-corrected chi connectivity index (χ0v) is 17.7. The number of hydrogen-bond acceptors (Lipinski definition) is 6. The van der Waals surface area contributed by atoms with E-state index in [0.717, 1.165) is 14.4 Å². The van der Waals surface area contributed by atoms with E-state index in [1.807, 2.05) is 0 Å². The van der Waals surface area contributed by atoms with Gasteiger partial charge in [0.05, 0.1) is 22.3 Å². The number of pyridine rings is 1. The lowest BCUT2D eigenvalue weighted by molar-refractivity contribution is -0.116. The molecule has 0 aliphatic heterocycles. The molecular formula is C19H21N5O5S. The highest BCUT2D eigenvalue weighted by atomic mass is 32.2. The SMILES string of the molecule is Cc1cccnc1NC(=O)CN(C)S(=O)(=O)c1ccc2c(c1)c(=O)n(C)c(=O)n2C. The first-order valence-corrected chi connectivity index (χ1v) is 10.4. The fraction of sp³-hybridized carbons (Fsp3) is 0.263. The summed E-state index contributed by atoms with van der Waals surface area (Å²) in [5, 5.41) is 2.66. The molecule has 0 unspecified atom stereocenters. The molecule has 1 aromatic carbocycles. The first-order chi connectivity index (χ1) is 14.0. The Morgan fingerprint density at radius 3 is 2.53 bits per heavy atom. The average Bonchev–Trinajstić information content (AvgIpc) is 2.71. The third-order valence-corrected chi connectivity index (χ3v) is 6.58. The van der Waals surface area contributed by atoms with E-state index in [9.17, 15) is 22.8 Å². The van der Waals surface area contributed by atoms with Crippen molar-refractivity contribution in [1.82, 2.24) is 18.4 Å². The van der Waals surface area contributed by atoms with Gasteiger partial charge >= 0.3 is 5.69 Å². The van der Waals surface area contributed by atoms with Crippen molar-refractivity contribution in [1.29, 1.82) is 0 Å². The topological polar surface area (TPSA) is 123 Å². The lowest BCUT2D eigenvalue weighted by Crippen LogP contribution is -2.37. The summed E-state index contributed by atoms with van der Waals surface area (Å²) >= 11 is 0. The van der Waals surface area contributed by atoms with Gasteiger partial charge in [-0.1, -0.05) is 6.07 Å². The molecule has 0 spiro atoms. The van der Waals surface area contributed by atoms with Crippen LogP contribution < -0.4 is 16.6 Å². The second-order valence-corrected chi connectivity index (χ2v) is 8.91. The van der Waals surface area contributed by atoms with Crippen LogP contribution in [0.3, 0.4) is 0 Å². The van der Waals surface area contributed by atoms with Gasteiger partial charge in [0, 0.05) is 27.3 Å². The van der Waals surface area contributed by atoms with Gasteiger partial charge < -0.3 is 5.32 Å². The summed E-state index contributed by atoms with van der Waals surface area (Å²) in [6.45, 7) is 1.33. The van der Waals surface area contributed by atoms with Crippen molar-refractivity contribution in [3.05, 3.63) is 62.9 Å². The van der Waals surface area contributed by atoms with Crippen LogP contribution in [-0.4, -0.2) is 46.3 Å². The predicted molar refractivity (Wildman–Crippen MR) is 112 cm³/mol. The zero-order chi connectivity index (χ0) is 22.2. The minimum Gasteiger partial charge on any atom is -0.309 e. The Morgan fingerprint density at radius 1 is 1.17 bits per heavy atom. The lowest BCUT2D eigenvalue weighted by Gasteiger charge is -2.17. The van der Waals surface area contributed by atoms with Crippen LogP contribution in [0.5, 0.6) is 0 Å². The number of rotatable bonds is 5. The molecule has 0 saturated heterocycles. The molecule has 0 aliphatic rings. The van der Waals surface area contributed by atoms with Gasteiger partial charge in [-0.25, -0.2) is 18.2 Å². The minimum absolute atomic E-state index is 0.0858. The number of amides is 1. The Balaban J connectivity index is 1.92. The van der Waals surface area contributed by atoms with Gasteiger partial charge in [-0.2, -0.15) is 4.31 Å². The first kappa shape index (κ1) is 21.4. The molecule has 0 aliphatic carbocycles. The van der Waals surface area contributed by atoms with Crippen LogP contribution in [0.15, 0.2) is 51.0 Å². The summed E-state index contributed by atoms with van der Waals surface area (Å²) < 4.78 is 28.9. The molecule has 0 saturated carbocycles. The van der Waals surface area contributed by atoms with E-state index < -0.39 is 33.7 Å². The largest absolute Gasteiger partial charge is 0.330 e. The highest BCUT2D eigenvalue weighted by Gasteiger charge is 2.24. The number of aryl methyl sites for hydroxylation is 2. The molecule has 0 atom stereocenters. The molecule has 2 aromatic heterocycles. The van der Waals surface area contributed by atoms with E-state index in [2.05, 4.69) is 10.3 Å². The second kappa shape index (κ2) is 7.84. The molecule has 0 fully saturated rings. The third-order valence-electron chi connectivity index (χ3n) is 4.78. The number of hydrogen-bond donors (Lipinski definition) is 1. The molecule has 1 N–H and O–H groups in total. The van der Waals surface area contributed by atoms with Crippen LogP contribution in [0.2, 0.25) is 0 Å². The van der Waals surface area contributed by atoms with Crippen molar-refractivity contribution < 1.29 is 13.2 Å². The third kappa shape index (κ3) is 3.76. The monoisotopic (exact) mass is 431 g/mol. The first-order valence-electron chi connectivity index (χ1n) is 8.91. The van der Waals surface area contributed by atoms with Crippen molar-refractivity contribution in [2.24, 2.45) is 14.1 Å². The Bertz CT molecular complexity index is 1370. The van der Waals surface area contributed by atoms with Gasteiger partial charge in [0.2, 0.25) is 15.9 Å². The maximum atomic E-state index is 12.9. The number of nitrogens with zero attached hydrogens (tertiary/aromatic N) is 4. The standard InChI is InChI=1S/C19H21N5O5S/c1-12-6-5-9-20-17(12)21-16(25)11-22(2)30(28,29)13-7-8-15-14(10-13)18(26)24(4)19(27)23(15)3/h5-10H,11H2,1-4H3,(H,20,21,25). The van der Waals surface area contributed by atoms with Gasteiger partial charge in [-0.05, 0) is 36.8 Å². The fourth-order valence-electron chi connectivity index (χ4n) is 2.99. The van der Waals surface area contributed by atoms with Crippen molar-refractivity contribution in [3.63, 3.8) is 0 Å². The van der Waals surface area contributed by atoms with E-state index in [-0.39, 0.29) is 10.3 Å². The molecule has 10 nitrogen and oxygen atoms in total. The number of anilines is 1. The fourth-order valence-corrected chi connectivity index (χ4v) is 4.14. The number of benzene rings is 1. The second-order valence-electron chi connectivity index (χ2n) is 6.86. The molecule has 0 bridgehead atoms. The van der Waals surface area contributed by atoms with E-state index in [0.29, 0.717) is 11.3 Å². The van der Waals surface area contributed by atoms with Crippen molar-refractivity contribution in [2.75, 3.05) is 18.9 Å². The molecule has 1 amide bonds. The van der Waals surface area contributed by atoms with Gasteiger partial charge in [0.1, 0.15) is 5.82 Å². The van der Waals surface area contributed by atoms with Crippen LogP contribution in [0, 0.1) is 6.92 Å². The summed E-state index contributed by atoms with van der Waals surface area (Å²) in [5.74, 6) is -0.203. The number of carbonyl (C=O) groups is 1. The van der Waals surface area contributed by atoms with Crippen LogP contribution in [-0.2, 0) is 28.9 Å². The van der Waals surface area contributed by atoms with E-state index in [4.69, 9.17) is 0 Å². The molecule has 0 radical (unpaired) electrons. The van der Waals surface area contributed by atoms with Crippen molar-refractivity contribution >= 4 is 32.7 Å². The number of nitrogens with one attached hydrogen (secondary N) is 1. The van der Waals surface area contributed by atoms with Crippen LogP contribution in [0.1, 0.15) is 5.56 Å². The summed E-state index contributed by atoms with van der Waals surface area (Å²) in [4.78, 5) is 40.7. The number of sulfonamides is 1. The normalized spacial score (nSPS) is 11.8. The maximum Gasteiger partial charge on any atom is 0.330 e. The smallest absolute Gasteiger partial charge is 0.309 e. The Hall–Kier alpha value is -3.31. The molecule has 158 valence electrons. The number of fused-ring (bicyclic) bond motifs is 1. The lowest BCUT2D eigenvalue weighted by atomic mass is 10.2. The number of aromatic nitrogens is 3. The summed E-state index contributed by atoms with van der Waals surface area (Å²) in [5.41, 5.74) is -0.0571. The quantitative estimate of drug-likeness (QED) is 0.616. The average molecular weight is 431 g/mol. The molecule has 2 heterocycles. The molecule has 3 rings (SSSR count). The molecule has 3 aromatic rings. The van der Waals surface area contributed by atoms with E-state index in [1.54, 1.807) is 19.1 Å². The van der Waals surface area contributed by atoms with Gasteiger partial charge in [-0.15, -0.1) is 0 Å². The van der Waals surface area contributed by atoms with Crippen molar-refractivity contribution in [2.45, 2.75) is 11.8 Å². The molecular weight excluding hydrogens is 410 g/mol. The van der Waals surface area contributed by atoms with E-state index in [1.165, 1.54) is 50.1 Å². The summed E-state index contributed by atoms with van der Waals surface area (Å²) in [6.07, 6.45) is 1.52. The number of carbonyl (C=O) groups excluding carboxylic acids is 1. The van der Waals surface area contributed by atoms with E-state index >= 15 is 0 Å². The van der Waals surface area contributed by atoms with Crippen LogP contribution in [0.4, 0.5) is 5.82 Å². The Labute approximate surface area is 172 Å². The highest BCUT2D eigenvalue weighted by molar-refractivity contribution is 7.89. The van der Waals surface area contributed by atoms with Gasteiger partial charge in [0.25, 0.3) is 5.56 Å². The van der Waals surface area contributed by atoms with Crippen LogP contribution in [0.25, 0.3) is 10.9 Å². The summed E-state index contributed by atoms with van der Waals surface area (Å²) in [6, 6.07) is 7.40. The predicted octanol–water partition coefficient (Wildman–Crippen LogP) is 0.200. The molecule has 30 heavy (non-hydrogen) atoms. The van der Waals surface area contributed by atoms with Crippen LogP contribution >= 0.6 is 0 Å². The van der Waals surface area contributed by atoms with Gasteiger partial charge in [-0.3, -0.25) is 18.7 Å². The minimum atomic E-state index is -4.06. The zero-order valence-electron chi connectivity index (χ0n) is 16.9. The van der Waals surface area contributed by atoms with Crippen molar-refractivity contribution in [3.8, 4) is 0 Å². The molecule has 11 heteroatoms. The highest BCUT2D eigenvalue weighted by Crippen LogP contribution is 2.19. The Morgan fingerprint density at radius 2 is 1.87 bits per heavy atom. The van der Waals surface area contributed by atoms with Gasteiger partial charge in [0.15, 0.2) is 0 Å². The summed E-state index contributed by atoms with van der Waals surface area (Å²) in [7, 11) is 0.0183. The Kier molecular flexibility index (Phi) is 5.59. The number of likely N-dealkylation sites (N-methyl/N-ethyl adjacent to an activating group) is 1.